The Bertz CT molecular complexity index is 1240. The van der Waals surface area contributed by atoms with Crippen LogP contribution >= 0.6 is 11.6 Å². The molecular weight excluding hydrogens is 444 g/mol. The number of pyridine rings is 1. The van der Waals surface area contributed by atoms with E-state index in [0.29, 0.717) is 47.2 Å². The van der Waals surface area contributed by atoms with E-state index in [1.807, 2.05) is 12.1 Å². The van der Waals surface area contributed by atoms with Crippen LogP contribution in [-0.2, 0) is 7.05 Å². The van der Waals surface area contributed by atoms with Crippen LogP contribution in [0.2, 0.25) is 5.02 Å². The molecule has 4 rings (SSSR count). The molecule has 1 N–H and O–H groups in total. The second-order valence-corrected chi connectivity index (χ2v) is 8.63. The van der Waals surface area contributed by atoms with Gasteiger partial charge in [-0.05, 0) is 43.9 Å². The average molecular weight is 469 g/mol. The molecule has 0 atom stereocenters. The number of piperidine rings is 1. The Kier molecular flexibility index (Phi) is 6.65. The molecule has 0 aliphatic carbocycles. The van der Waals surface area contributed by atoms with Crippen molar-refractivity contribution in [2.45, 2.75) is 19.8 Å². The van der Waals surface area contributed by atoms with Crippen LogP contribution in [0.15, 0.2) is 51.9 Å². The third-order valence-corrected chi connectivity index (χ3v) is 6.36. The summed E-state index contributed by atoms with van der Waals surface area (Å²) >= 11 is 6.28. The summed E-state index contributed by atoms with van der Waals surface area (Å²) in [7, 11) is 1.63. The third-order valence-electron chi connectivity index (χ3n) is 6.03. The van der Waals surface area contributed by atoms with E-state index in [1.165, 1.54) is 4.57 Å². The first kappa shape index (κ1) is 22.8. The van der Waals surface area contributed by atoms with Crippen molar-refractivity contribution in [2.24, 2.45) is 13.0 Å². The Balaban J connectivity index is 1.36. The number of carbonyl (C=O) groups is 2. The summed E-state index contributed by atoms with van der Waals surface area (Å²) < 4.78 is 6.68. The molecule has 0 bridgehead atoms. The highest BCUT2D eigenvalue weighted by atomic mass is 35.5. The number of hydrogen-bond donors (Lipinski definition) is 1. The standard InChI is InChI=1S/C24H25ClN4O4/c1-15-20(21(27-33-15)17-6-3-4-8-19(17)25)22(30)26-14-16-9-12-29(13-10-16)24(32)18-7-5-11-28(2)23(18)31/h3-8,11,16H,9-10,12-14H2,1-2H3,(H,26,30). The fourth-order valence-corrected chi connectivity index (χ4v) is 4.30. The summed E-state index contributed by atoms with van der Waals surface area (Å²) in [5.74, 6) is 0.130. The molecule has 1 fully saturated rings. The van der Waals surface area contributed by atoms with E-state index in [0.717, 1.165) is 12.8 Å². The maximum Gasteiger partial charge on any atom is 0.263 e. The Morgan fingerprint density at radius 2 is 1.91 bits per heavy atom. The quantitative estimate of drug-likeness (QED) is 0.619. The van der Waals surface area contributed by atoms with Gasteiger partial charge in [-0.1, -0.05) is 35.0 Å². The van der Waals surface area contributed by atoms with E-state index < -0.39 is 0 Å². The van der Waals surface area contributed by atoms with Crippen molar-refractivity contribution in [1.82, 2.24) is 19.9 Å². The molecule has 0 spiro atoms. The Morgan fingerprint density at radius 3 is 2.64 bits per heavy atom. The normalized spacial score (nSPS) is 14.3. The predicted octanol–water partition coefficient (Wildman–Crippen LogP) is 3.28. The number of nitrogens with one attached hydrogen (secondary N) is 1. The zero-order valence-electron chi connectivity index (χ0n) is 18.5. The lowest BCUT2D eigenvalue weighted by atomic mass is 9.96. The number of halogens is 1. The van der Waals surface area contributed by atoms with Gasteiger partial charge in [-0.15, -0.1) is 0 Å². The summed E-state index contributed by atoms with van der Waals surface area (Å²) in [6.45, 7) is 3.24. The highest BCUT2D eigenvalue weighted by molar-refractivity contribution is 6.33. The van der Waals surface area contributed by atoms with Crippen molar-refractivity contribution >= 4 is 23.4 Å². The lowest BCUT2D eigenvalue weighted by Gasteiger charge is -2.32. The second-order valence-electron chi connectivity index (χ2n) is 8.23. The average Bonchev–Trinajstić information content (AvgIpc) is 3.20. The topological polar surface area (TPSA) is 97.4 Å². The van der Waals surface area contributed by atoms with Crippen LogP contribution in [0, 0.1) is 12.8 Å². The molecule has 2 aromatic heterocycles. The van der Waals surface area contributed by atoms with Crippen molar-refractivity contribution in [3.8, 4) is 11.3 Å². The van der Waals surface area contributed by atoms with E-state index in [2.05, 4.69) is 10.5 Å². The number of aromatic nitrogens is 2. The van der Waals surface area contributed by atoms with Gasteiger partial charge in [0.15, 0.2) is 0 Å². The van der Waals surface area contributed by atoms with Gasteiger partial charge in [-0.2, -0.15) is 0 Å². The lowest BCUT2D eigenvalue weighted by molar-refractivity contribution is 0.0682. The minimum atomic E-state index is -0.296. The van der Waals surface area contributed by atoms with Gasteiger partial charge in [0.1, 0.15) is 22.6 Å². The molecule has 0 unspecified atom stereocenters. The van der Waals surface area contributed by atoms with Crippen molar-refractivity contribution in [1.29, 1.82) is 0 Å². The van der Waals surface area contributed by atoms with E-state index in [4.69, 9.17) is 16.1 Å². The second kappa shape index (κ2) is 9.62. The van der Waals surface area contributed by atoms with Crippen molar-refractivity contribution in [3.05, 3.63) is 74.9 Å². The molecule has 1 aliphatic heterocycles. The molecule has 33 heavy (non-hydrogen) atoms. The fourth-order valence-electron chi connectivity index (χ4n) is 4.07. The van der Waals surface area contributed by atoms with Crippen LogP contribution in [0.4, 0.5) is 0 Å². The number of likely N-dealkylation sites (tertiary alicyclic amines) is 1. The van der Waals surface area contributed by atoms with Crippen LogP contribution < -0.4 is 10.9 Å². The molecule has 1 aliphatic rings. The van der Waals surface area contributed by atoms with Crippen LogP contribution in [0.5, 0.6) is 0 Å². The molecule has 1 aromatic carbocycles. The largest absolute Gasteiger partial charge is 0.360 e. The highest BCUT2D eigenvalue weighted by Crippen LogP contribution is 2.31. The van der Waals surface area contributed by atoms with Crippen molar-refractivity contribution in [3.63, 3.8) is 0 Å². The number of nitrogens with zero attached hydrogens (tertiary/aromatic N) is 3. The number of benzene rings is 1. The summed E-state index contributed by atoms with van der Waals surface area (Å²) in [6.07, 6.45) is 3.10. The van der Waals surface area contributed by atoms with E-state index in [9.17, 15) is 14.4 Å². The van der Waals surface area contributed by atoms with Crippen molar-refractivity contribution in [2.75, 3.05) is 19.6 Å². The zero-order chi connectivity index (χ0) is 23.5. The SMILES string of the molecule is Cc1onc(-c2ccccc2Cl)c1C(=O)NCC1CCN(C(=O)c2cccn(C)c2=O)CC1. The van der Waals surface area contributed by atoms with E-state index >= 15 is 0 Å². The molecule has 1 saturated heterocycles. The molecule has 3 heterocycles. The minimum Gasteiger partial charge on any atom is -0.360 e. The molecule has 3 aromatic rings. The van der Waals surface area contributed by atoms with Gasteiger partial charge in [-0.25, -0.2) is 0 Å². The maximum atomic E-state index is 12.9. The van der Waals surface area contributed by atoms with Gasteiger partial charge in [0.25, 0.3) is 17.4 Å². The summed E-state index contributed by atoms with van der Waals surface area (Å²) in [5, 5.41) is 7.51. The Morgan fingerprint density at radius 1 is 1.18 bits per heavy atom. The molecule has 9 heteroatoms. The number of aryl methyl sites for hydroxylation is 2. The van der Waals surface area contributed by atoms with Crippen molar-refractivity contribution < 1.29 is 14.1 Å². The first-order chi connectivity index (χ1) is 15.9. The van der Waals surface area contributed by atoms with Gasteiger partial charge in [-0.3, -0.25) is 14.4 Å². The van der Waals surface area contributed by atoms with E-state index in [-0.39, 0.29) is 28.9 Å². The molecule has 0 radical (unpaired) electrons. The molecular formula is C24H25ClN4O4. The van der Waals surface area contributed by atoms with Gasteiger partial charge >= 0.3 is 0 Å². The van der Waals surface area contributed by atoms with Crippen LogP contribution in [0.1, 0.15) is 39.3 Å². The predicted molar refractivity (Wildman–Crippen MR) is 124 cm³/mol. The monoisotopic (exact) mass is 468 g/mol. The van der Waals surface area contributed by atoms with Gasteiger partial charge in [0, 0.05) is 38.4 Å². The van der Waals surface area contributed by atoms with Crippen LogP contribution in [0.3, 0.4) is 0 Å². The minimum absolute atomic E-state index is 0.182. The fraction of sp³-hybridized carbons (Fsp3) is 0.333. The van der Waals surface area contributed by atoms with Crippen LogP contribution in [-0.4, -0.2) is 46.1 Å². The number of rotatable bonds is 5. The maximum absolute atomic E-state index is 12.9. The smallest absolute Gasteiger partial charge is 0.263 e. The summed E-state index contributed by atoms with van der Waals surface area (Å²) in [4.78, 5) is 39.6. The van der Waals surface area contributed by atoms with Crippen LogP contribution in [0.25, 0.3) is 11.3 Å². The number of hydrogen-bond acceptors (Lipinski definition) is 5. The highest BCUT2D eigenvalue weighted by Gasteiger charge is 2.27. The number of carbonyl (C=O) groups excluding carboxylic acids is 2. The lowest BCUT2D eigenvalue weighted by Crippen LogP contribution is -2.43. The van der Waals surface area contributed by atoms with Gasteiger partial charge < -0.3 is 19.3 Å². The van der Waals surface area contributed by atoms with Gasteiger partial charge in [0.05, 0.1) is 5.02 Å². The molecule has 2 amide bonds. The zero-order valence-corrected chi connectivity index (χ0v) is 19.3. The summed E-state index contributed by atoms with van der Waals surface area (Å²) in [5.41, 5.74) is 1.31. The molecule has 172 valence electrons. The molecule has 0 saturated carbocycles. The third kappa shape index (κ3) is 4.71. The van der Waals surface area contributed by atoms with Gasteiger partial charge in [0.2, 0.25) is 0 Å². The first-order valence-electron chi connectivity index (χ1n) is 10.8. The Hall–Kier alpha value is -3.39. The van der Waals surface area contributed by atoms with E-state index in [1.54, 1.807) is 49.3 Å². The first-order valence-corrected chi connectivity index (χ1v) is 11.2. The summed E-state index contributed by atoms with van der Waals surface area (Å²) in [6, 6.07) is 10.4. The Labute approximate surface area is 196 Å². The molecule has 8 nitrogen and oxygen atoms in total. The number of amides is 2.